The van der Waals surface area contributed by atoms with E-state index in [0.29, 0.717) is 25.3 Å². The van der Waals surface area contributed by atoms with Crippen LogP contribution in [-0.4, -0.2) is 37.8 Å². The van der Waals surface area contributed by atoms with Crippen LogP contribution in [-0.2, 0) is 27.9 Å². The Bertz CT molecular complexity index is 474. The van der Waals surface area contributed by atoms with Gasteiger partial charge in [0.1, 0.15) is 0 Å². The van der Waals surface area contributed by atoms with E-state index in [1.165, 1.54) is 12.3 Å². The summed E-state index contributed by atoms with van der Waals surface area (Å²) in [7, 11) is -1.97. The van der Waals surface area contributed by atoms with Gasteiger partial charge in [0.2, 0.25) is 10.0 Å². The van der Waals surface area contributed by atoms with Gasteiger partial charge >= 0.3 is 0 Å². The van der Waals surface area contributed by atoms with Crippen LogP contribution in [0.1, 0.15) is 26.0 Å². The maximum Gasteiger partial charge on any atom is 0.242 e. The van der Waals surface area contributed by atoms with E-state index in [4.69, 9.17) is 4.74 Å². The molecule has 1 atom stereocenters. The van der Waals surface area contributed by atoms with Crippen molar-refractivity contribution >= 4 is 10.0 Å². The predicted octanol–water partition coefficient (Wildman–Crippen LogP) is 0.704. The van der Waals surface area contributed by atoms with Crippen LogP contribution < -0.4 is 4.72 Å². The van der Waals surface area contributed by atoms with E-state index in [1.54, 1.807) is 18.6 Å². The lowest BCUT2D eigenvalue weighted by Gasteiger charge is -2.12. The highest BCUT2D eigenvalue weighted by Crippen LogP contribution is 2.15. The van der Waals surface area contributed by atoms with Gasteiger partial charge in [-0.25, -0.2) is 13.1 Å². The van der Waals surface area contributed by atoms with Crippen molar-refractivity contribution in [3.8, 4) is 0 Å². The highest BCUT2D eigenvalue weighted by molar-refractivity contribution is 7.89. The molecule has 0 amide bonds. The first-order valence-electron chi connectivity index (χ1n) is 6.25. The van der Waals surface area contributed by atoms with Crippen molar-refractivity contribution in [3.05, 3.63) is 18.0 Å². The van der Waals surface area contributed by atoms with Crippen LogP contribution in [0.25, 0.3) is 0 Å². The summed E-state index contributed by atoms with van der Waals surface area (Å²) in [5, 5.41) is 9.17. The summed E-state index contributed by atoms with van der Waals surface area (Å²) in [5.41, 5.74) is 0.590. The smallest absolute Gasteiger partial charge is 0.242 e. The molecule has 0 saturated heterocycles. The lowest BCUT2D eigenvalue weighted by Crippen LogP contribution is -2.33. The predicted molar refractivity (Wildman–Crippen MR) is 72.3 cm³/mol. The van der Waals surface area contributed by atoms with Gasteiger partial charge in [-0.15, -0.1) is 0 Å². The standard InChI is InChI=1S/C12H22N2O4S/c1-4-14-8-12(7-11(14)9-15)19(16,17)13-10(2)5-6-18-3/h7-8,10,13,15H,4-6,9H2,1-3H3. The number of aliphatic hydroxyl groups excluding tert-OH is 1. The Morgan fingerprint density at radius 2 is 2.21 bits per heavy atom. The van der Waals surface area contributed by atoms with E-state index >= 15 is 0 Å². The van der Waals surface area contributed by atoms with Crippen LogP contribution in [0.4, 0.5) is 0 Å². The molecule has 1 heterocycles. The topological polar surface area (TPSA) is 80.6 Å². The molecule has 0 radical (unpaired) electrons. The number of nitrogens with zero attached hydrogens (tertiary/aromatic N) is 1. The second-order valence-electron chi connectivity index (χ2n) is 4.42. The molecule has 110 valence electrons. The van der Waals surface area contributed by atoms with Crippen LogP contribution >= 0.6 is 0 Å². The van der Waals surface area contributed by atoms with Crippen LogP contribution in [0.5, 0.6) is 0 Å². The van der Waals surface area contributed by atoms with Crippen molar-refractivity contribution in [3.63, 3.8) is 0 Å². The number of aromatic nitrogens is 1. The summed E-state index contributed by atoms with van der Waals surface area (Å²) in [4.78, 5) is 0.183. The molecule has 0 fully saturated rings. The first kappa shape index (κ1) is 16.2. The van der Waals surface area contributed by atoms with Crippen molar-refractivity contribution in [1.82, 2.24) is 9.29 Å². The highest BCUT2D eigenvalue weighted by atomic mass is 32.2. The number of nitrogens with one attached hydrogen (secondary N) is 1. The van der Waals surface area contributed by atoms with Crippen LogP contribution in [0.3, 0.4) is 0 Å². The normalized spacial score (nSPS) is 13.7. The number of aliphatic hydroxyl groups is 1. The Balaban J connectivity index is 2.85. The minimum absolute atomic E-state index is 0.178. The molecule has 0 aromatic carbocycles. The van der Waals surface area contributed by atoms with E-state index in [1.807, 2.05) is 6.92 Å². The molecule has 7 heteroatoms. The number of methoxy groups -OCH3 is 1. The third-order valence-corrected chi connectivity index (χ3v) is 4.44. The molecule has 1 unspecified atom stereocenters. The zero-order chi connectivity index (χ0) is 14.5. The van der Waals surface area contributed by atoms with E-state index in [-0.39, 0.29) is 17.5 Å². The third kappa shape index (κ3) is 4.31. The fraction of sp³-hybridized carbons (Fsp3) is 0.667. The molecule has 2 N–H and O–H groups in total. The number of aryl methyl sites for hydroxylation is 1. The van der Waals surface area contributed by atoms with Crippen molar-refractivity contribution in [1.29, 1.82) is 0 Å². The number of hydrogen-bond acceptors (Lipinski definition) is 4. The fourth-order valence-electron chi connectivity index (χ4n) is 1.79. The van der Waals surface area contributed by atoms with Crippen molar-refractivity contribution in [2.75, 3.05) is 13.7 Å². The molecule has 0 saturated carbocycles. The monoisotopic (exact) mass is 290 g/mol. The van der Waals surface area contributed by atoms with Gasteiger partial charge in [-0.2, -0.15) is 0 Å². The number of sulfonamides is 1. The van der Waals surface area contributed by atoms with Crippen molar-refractivity contribution in [2.24, 2.45) is 0 Å². The molecular weight excluding hydrogens is 268 g/mol. The number of hydrogen-bond donors (Lipinski definition) is 2. The summed E-state index contributed by atoms with van der Waals surface area (Å²) in [6, 6.07) is 1.29. The summed E-state index contributed by atoms with van der Waals surface area (Å²) < 4.78 is 33.5. The molecule has 0 aliphatic carbocycles. The lowest BCUT2D eigenvalue weighted by molar-refractivity contribution is 0.188. The highest BCUT2D eigenvalue weighted by Gasteiger charge is 2.20. The first-order valence-corrected chi connectivity index (χ1v) is 7.74. The Morgan fingerprint density at radius 3 is 2.68 bits per heavy atom. The SMILES string of the molecule is CCn1cc(S(=O)(=O)NC(C)CCOC)cc1CO. The van der Waals surface area contributed by atoms with Gasteiger partial charge in [0, 0.05) is 38.2 Å². The number of rotatable bonds is 8. The summed E-state index contributed by atoms with van der Waals surface area (Å²) in [5.74, 6) is 0. The quantitative estimate of drug-likeness (QED) is 0.738. The maximum absolute atomic E-state index is 12.2. The van der Waals surface area contributed by atoms with Gasteiger partial charge in [-0.3, -0.25) is 0 Å². The summed E-state index contributed by atoms with van der Waals surface area (Å²) in [6.07, 6.45) is 2.15. The molecule has 0 bridgehead atoms. The maximum atomic E-state index is 12.2. The molecule has 1 rings (SSSR count). The summed E-state index contributed by atoms with van der Waals surface area (Å²) in [6.45, 7) is 4.62. The molecule has 6 nitrogen and oxygen atoms in total. The Morgan fingerprint density at radius 1 is 1.53 bits per heavy atom. The number of ether oxygens (including phenoxy) is 1. The minimum Gasteiger partial charge on any atom is -0.390 e. The van der Waals surface area contributed by atoms with Crippen LogP contribution in [0, 0.1) is 0 Å². The Hall–Kier alpha value is -0.890. The molecular formula is C12H22N2O4S. The Labute approximate surface area is 114 Å². The minimum atomic E-state index is -3.55. The van der Waals surface area contributed by atoms with Crippen molar-refractivity contribution < 1.29 is 18.3 Å². The third-order valence-electron chi connectivity index (χ3n) is 2.89. The zero-order valence-electron chi connectivity index (χ0n) is 11.6. The average Bonchev–Trinajstić information content (AvgIpc) is 2.79. The zero-order valence-corrected chi connectivity index (χ0v) is 12.4. The van der Waals surface area contributed by atoms with Gasteiger partial charge in [-0.05, 0) is 26.3 Å². The van der Waals surface area contributed by atoms with Crippen LogP contribution in [0.15, 0.2) is 17.2 Å². The van der Waals surface area contributed by atoms with Crippen molar-refractivity contribution in [2.45, 2.75) is 44.4 Å². The van der Waals surface area contributed by atoms with Crippen LogP contribution in [0.2, 0.25) is 0 Å². The van der Waals surface area contributed by atoms with E-state index in [0.717, 1.165) is 0 Å². The van der Waals surface area contributed by atoms with E-state index in [9.17, 15) is 13.5 Å². The first-order chi connectivity index (χ1) is 8.94. The van der Waals surface area contributed by atoms with E-state index in [2.05, 4.69) is 4.72 Å². The van der Waals surface area contributed by atoms with E-state index < -0.39 is 10.0 Å². The summed E-state index contributed by atoms with van der Waals surface area (Å²) >= 11 is 0. The fourth-order valence-corrected chi connectivity index (χ4v) is 3.13. The van der Waals surface area contributed by atoms with Gasteiger partial charge in [0.05, 0.1) is 11.5 Å². The molecule has 1 aromatic heterocycles. The Kier molecular flexibility index (Phi) is 5.99. The second kappa shape index (κ2) is 7.04. The molecule has 0 aliphatic rings. The average molecular weight is 290 g/mol. The molecule has 1 aromatic rings. The molecule has 0 aliphatic heterocycles. The van der Waals surface area contributed by atoms with Gasteiger partial charge in [-0.1, -0.05) is 0 Å². The van der Waals surface area contributed by atoms with Gasteiger partial charge in [0.25, 0.3) is 0 Å². The molecule has 19 heavy (non-hydrogen) atoms. The molecule has 0 spiro atoms. The largest absolute Gasteiger partial charge is 0.390 e. The van der Waals surface area contributed by atoms with Gasteiger partial charge in [0.15, 0.2) is 0 Å². The van der Waals surface area contributed by atoms with Gasteiger partial charge < -0.3 is 14.4 Å². The lowest BCUT2D eigenvalue weighted by atomic mass is 10.3. The second-order valence-corrected chi connectivity index (χ2v) is 6.13.